The Hall–Kier alpha value is -2.37. The van der Waals surface area contributed by atoms with Gasteiger partial charge in [0.05, 0.1) is 6.54 Å². The lowest BCUT2D eigenvalue weighted by atomic mass is 10.0. The fourth-order valence-electron chi connectivity index (χ4n) is 2.56. The van der Waals surface area contributed by atoms with Gasteiger partial charge in [-0.3, -0.25) is 14.4 Å². The molecule has 0 spiro atoms. The monoisotopic (exact) mass is 317 g/mol. The van der Waals surface area contributed by atoms with Crippen molar-refractivity contribution < 1.29 is 14.4 Å². The van der Waals surface area contributed by atoms with Gasteiger partial charge in [-0.15, -0.1) is 0 Å². The van der Waals surface area contributed by atoms with Crippen LogP contribution in [0, 0.1) is 0 Å². The first kappa shape index (κ1) is 17.0. The molecule has 23 heavy (non-hydrogen) atoms. The van der Waals surface area contributed by atoms with Gasteiger partial charge in [-0.1, -0.05) is 25.1 Å². The van der Waals surface area contributed by atoms with Crippen LogP contribution in [0.2, 0.25) is 0 Å². The molecule has 3 amide bonds. The maximum Gasteiger partial charge on any atom is 0.251 e. The van der Waals surface area contributed by atoms with Crippen LogP contribution in [-0.2, 0) is 9.59 Å². The average Bonchev–Trinajstić information content (AvgIpc) is 2.60. The summed E-state index contributed by atoms with van der Waals surface area (Å²) in [6, 6.07) is 8.97. The molecule has 0 unspecified atom stereocenters. The topological polar surface area (TPSA) is 78.5 Å². The zero-order chi connectivity index (χ0) is 16.7. The van der Waals surface area contributed by atoms with Crippen LogP contribution in [-0.4, -0.2) is 48.3 Å². The van der Waals surface area contributed by atoms with Gasteiger partial charge in [0, 0.05) is 31.1 Å². The van der Waals surface area contributed by atoms with Crippen molar-refractivity contribution in [3.05, 3.63) is 35.9 Å². The molecule has 6 heteroatoms. The van der Waals surface area contributed by atoms with E-state index < -0.39 is 0 Å². The Morgan fingerprint density at radius 3 is 2.39 bits per heavy atom. The average molecular weight is 317 g/mol. The Kier molecular flexibility index (Phi) is 6.14. The maximum atomic E-state index is 12.1. The van der Waals surface area contributed by atoms with Crippen molar-refractivity contribution in [1.29, 1.82) is 0 Å². The van der Waals surface area contributed by atoms with E-state index in [2.05, 4.69) is 10.6 Å². The van der Waals surface area contributed by atoms with E-state index in [-0.39, 0.29) is 30.3 Å². The summed E-state index contributed by atoms with van der Waals surface area (Å²) in [4.78, 5) is 37.2. The number of piperidine rings is 1. The number of hydrogen-bond acceptors (Lipinski definition) is 3. The molecule has 1 aliphatic rings. The van der Waals surface area contributed by atoms with Crippen LogP contribution in [0.4, 0.5) is 0 Å². The minimum atomic E-state index is -0.246. The lowest BCUT2D eigenvalue weighted by molar-refractivity contribution is -0.131. The third-order valence-electron chi connectivity index (χ3n) is 3.97. The summed E-state index contributed by atoms with van der Waals surface area (Å²) in [5, 5.41) is 5.60. The van der Waals surface area contributed by atoms with Gasteiger partial charge in [-0.25, -0.2) is 0 Å². The molecule has 124 valence electrons. The van der Waals surface area contributed by atoms with Gasteiger partial charge in [-0.05, 0) is 25.0 Å². The second-order valence-corrected chi connectivity index (χ2v) is 5.62. The third kappa shape index (κ3) is 5.09. The lowest BCUT2D eigenvalue weighted by Crippen LogP contribution is -2.48. The highest BCUT2D eigenvalue weighted by Gasteiger charge is 2.23. The van der Waals surface area contributed by atoms with Crippen molar-refractivity contribution in [2.45, 2.75) is 32.2 Å². The van der Waals surface area contributed by atoms with Crippen molar-refractivity contribution in [3.8, 4) is 0 Å². The second kappa shape index (κ2) is 8.31. The molecule has 1 aliphatic heterocycles. The van der Waals surface area contributed by atoms with Gasteiger partial charge >= 0.3 is 0 Å². The summed E-state index contributed by atoms with van der Waals surface area (Å²) in [5.41, 5.74) is 0.543. The molecule has 0 saturated carbocycles. The van der Waals surface area contributed by atoms with Gasteiger partial charge in [0.15, 0.2) is 0 Å². The van der Waals surface area contributed by atoms with E-state index in [4.69, 9.17) is 0 Å². The zero-order valence-electron chi connectivity index (χ0n) is 13.4. The smallest absolute Gasteiger partial charge is 0.251 e. The van der Waals surface area contributed by atoms with Gasteiger partial charge in [-0.2, -0.15) is 0 Å². The van der Waals surface area contributed by atoms with Crippen molar-refractivity contribution >= 4 is 17.7 Å². The van der Waals surface area contributed by atoms with Gasteiger partial charge in [0.1, 0.15) is 0 Å². The van der Waals surface area contributed by atoms with E-state index in [1.807, 2.05) is 13.0 Å². The first-order valence-electron chi connectivity index (χ1n) is 8.00. The molecule has 6 nitrogen and oxygen atoms in total. The molecule has 1 fully saturated rings. The molecule has 0 aromatic heterocycles. The molecule has 1 aromatic rings. The van der Waals surface area contributed by atoms with Gasteiger partial charge in [0.25, 0.3) is 5.91 Å². The van der Waals surface area contributed by atoms with E-state index in [1.165, 1.54) is 0 Å². The van der Waals surface area contributed by atoms with Crippen LogP contribution in [0.1, 0.15) is 36.5 Å². The predicted octanol–water partition coefficient (Wildman–Crippen LogP) is 0.934. The summed E-state index contributed by atoms with van der Waals surface area (Å²) in [6.07, 6.45) is 1.99. The highest BCUT2D eigenvalue weighted by atomic mass is 16.2. The van der Waals surface area contributed by atoms with Crippen molar-refractivity contribution in [1.82, 2.24) is 15.5 Å². The molecule has 2 N–H and O–H groups in total. The van der Waals surface area contributed by atoms with Crippen LogP contribution in [0.15, 0.2) is 30.3 Å². The van der Waals surface area contributed by atoms with E-state index >= 15 is 0 Å². The standard InChI is InChI=1S/C17H23N3O3/c1-2-15(21)19-14-8-10-20(11-9-14)16(22)12-18-17(23)13-6-4-3-5-7-13/h3-7,14H,2,8-12H2,1H3,(H,18,23)(H,19,21). The van der Waals surface area contributed by atoms with E-state index in [0.717, 1.165) is 12.8 Å². The number of rotatable bonds is 5. The molecule has 1 saturated heterocycles. The Balaban J connectivity index is 1.73. The van der Waals surface area contributed by atoms with Crippen LogP contribution in [0.5, 0.6) is 0 Å². The molecule has 1 aromatic carbocycles. The molecule has 2 rings (SSSR count). The van der Waals surface area contributed by atoms with E-state index in [0.29, 0.717) is 25.1 Å². The fraction of sp³-hybridized carbons (Fsp3) is 0.471. The Bertz CT molecular complexity index is 551. The SMILES string of the molecule is CCC(=O)NC1CCN(C(=O)CNC(=O)c2ccccc2)CC1. The van der Waals surface area contributed by atoms with Gasteiger partial charge in [0.2, 0.25) is 11.8 Å². The fourth-order valence-corrected chi connectivity index (χ4v) is 2.56. The molecule has 0 aliphatic carbocycles. The first-order valence-corrected chi connectivity index (χ1v) is 8.00. The summed E-state index contributed by atoms with van der Waals surface area (Å²) in [6.45, 7) is 3.03. The van der Waals surface area contributed by atoms with Crippen LogP contribution in [0.25, 0.3) is 0 Å². The summed E-state index contributed by atoms with van der Waals surface area (Å²) in [7, 11) is 0. The van der Waals surface area contributed by atoms with E-state index in [1.54, 1.807) is 29.2 Å². The molecule has 0 bridgehead atoms. The number of benzene rings is 1. The molecular formula is C17H23N3O3. The number of nitrogens with zero attached hydrogens (tertiary/aromatic N) is 1. The number of carbonyl (C=O) groups is 3. The minimum Gasteiger partial charge on any atom is -0.353 e. The maximum absolute atomic E-state index is 12.1. The molecular weight excluding hydrogens is 294 g/mol. The number of likely N-dealkylation sites (tertiary alicyclic amines) is 1. The van der Waals surface area contributed by atoms with Crippen LogP contribution in [0.3, 0.4) is 0 Å². The highest BCUT2D eigenvalue weighted by Crippen LogP contribution is 2.10. The van der Waals surface area contributed by atoms with Gasteiger partial charge < -0.3 is 15.5 Å². The number of hydrogen-bond donors (Lipinski definition) is 2. The van der Waals surface area contributed by atoms with Crippen molar-refractivity contribution in [2.75, 3.05) is 19.6 Å². The third-order valence-corrected chi connectivity index (χ3v) is 3.97. The lowest BCUT2D eigenvalue weighted by Gasteiger charge is -2.32. The summed E-state index contributed by atoms with van der Waals surface area (Å²) >= 11 is 0. The minimum absolute atomic E-state index is 0.000284. The van der Waals surface area contributed by atoms with E-state index in [9.17, 15) is 14.4 Å². The Morgan fingerprint density at radius 1 is 1.13 bits per heavy atom. The van der Waals surface area contributed by atoms with Crippen LogP contribution < -0.4 is 10.6 Å². The van der Waals surface area contributed by atoms with Crippen molar-refractivity contribution in [3.63, 3.8) is 0 Å². The Labute approximate surface area is 136 Å². The second-order valence-electron chi connectivity index (χ2n) is 5.62. The number of nitrogens with one attached hydrogen (secondary N) is 2. The highest BCUT2D eigenvalue weighted by molar-refractivity contribution is 5.96. The Morgan fingerprint density at radius 2 is 1.78 bits per heavy atom. The molecule has 0 radical (unpaired) electrons. The normalized spacial score (nSPS) is 15.1. The quantitative estimate of drug-likeness (QED) is 0.848. The number of amides is 3. The summed E-state index contributed by atoms with van der Waals surface area (Å²) < 4.78 is 0. The first-order chi connectivity index (χ1) is 11.1. The summed E-state index contributed by atoms with van der Waals surface area (Å²) in [5.74, 6) is -0.288. The van der Waals surface area contributed by atoms with Crippen molar-refractivity contribution in [2.24, 2.45) is 0 Å². The number of carbonyl (C=O) groups excluding carboxylic acids is 3. The largest absolute Gasteiger partial charge is 0.353 e. The van der Waals surface area contributed by atoms with Crippen LogP contribution >= 0.6 is 0 Å². The molecule has 1 heterocycles. The zero-order valence-corrected chi connectivity index (χ0v) is 13.4. The predicted molar refractivity (Wildman–Crippen MR) is 86.8 cm³/mol. The molecule has 0 atom stereocenters.